The maximum Gasteiger partial charge on any atom is 0.128 e. The van der Waals surface area contributed by atoms with Crippen molar-refractivity contribution in [2.45, 2.75) is 59.4 Å². The van der Waals surface area contributed by atoms with Crippen molar-refractivity contribution in [2.24, 2.45) is 0 Å². The lowest BCUT2D eigenvalue weighted by molar-refractivity contribution is 0.696. The molecule has 1 N–H and O–H groups in total. The Balaban J connectivity index is 2.78. The van der Waals surface area contributed by atoms with Gasteiger partial charge in [0.05, 0.1) is 0 Å². The average Bonchev–Trinajstić information content (AvgIpc) is 2.45. The summed E-state index contributed by atoms with van der Waals surface area (Å²) in [5.74, 6) is 1.12. The first-order valence-electron chi connectivity index (χ1n) is 8.12. The first kappa shape index (κ1) is 17.0. The van der Waals surface area contributed by atoms with Crippen LogP contribution in [0.4, 0.5) is 5.82 Å². The first-order valence-corrected chi connectivity index (χ1v) is 8.12. The van der Waals surface area contributed by atoms with E-state index in [1.165, 1.54) is 30.5 Å². The lowest BCUT2D eigenvalue weighted by Crippen LogP contribution is -2.21. The summed E-state index contributed by atoms with van der Waals surface area (Å²) in [5.41, 5.74) is 2.57. The third-order valence-corrected chi connectivity index (χ3v) is 3.50. The molecule has 1 aromatic rings. The summed E-state index contributed by atoms with van der Waals surface area (Å²) in [6, 6.07) is 4.48. The van der Waals surface area contributed by atoms with Crippen molar-refractivity contribution in [3.63, 3.8) is 0 Å². The van der Waals surface area contributed by atoms with E-state index in [1.54, 1.807) is 0 Å². The van der Waals surface area contributed by atoms with Gasteiger partial charge in [0.2, 0.25) is 0 Å². The molecule has 0 fully saturated rings. The Morgan fingerprint density at radius 1 is 1.10 bits per heavy atom. The number of rotatable bonds is 10. The number of aromatic nitrogens is 1. The van der Waals surface area contributed by atoms with Gasteiger partial charge in [0.1, 0.15) is 5.82 Å². The van der Waals surface area contributed by atoms with E-state index < -0.39 is 0 Å². The van der Waals surface area contributed by atoms with Crippen molar-refractivity contribution < 1.29 is 0 Å². The molecule has 0 bridgehead atoms. The minimum Gasteiger partial charge on any atom is -0.360 e. The molecule has 0 saturated carbocycles. The molecule has 0 unspecified atom stereocenters. The predicted octanol–water partition coefficient (Wildman–Crippen LogP) is 3.77. The summed E-state index contributed by atoms with van der Waals surface area (Å²) in [6.07, 6.45) is 6.02. The van der Waals surface area contributed by atoms with Gasteiger partial charge < -0.3 is 10.2 Å². The van der Waals surface area contributed by atoms with Gasteiger partial charge in [-0.15, -0.1) is 0 Å². The third-order valence-electron chi connectivity index (χ3n) is 3.50. The zero-order chi connectivity index (χ0) is 14.8. The van der Waals surface area contributed by atoms with Gasteiger partial charge in [-0.3, -0.25) is 0 Å². The summed E-state index contributed by atoms with van der Waals surface area (Å²) >= 11 is 0. The van der Waals surface area contributed by atoms with Gasteiger partial charge in [-0.1, -0.05) is 40.0 Å². The van der Waals surface area contributed by atoms with E-state index in [-0.39, 0.29) is 0 Å². The summed E-state index contributed by atoms with van der Waals surface area (Å²) in [6.45, 7) is 9.64. The maximum atomic E-state index is 4.81. The molecule has 0 amide bonds. The van der Waals surface area contributed by atoms with Gasteiger partial charge in [-0.2, -0.15) is 0 Å². The standard InChI is InChI=1S/C17H31N3/c1-5-8-9-11-20(4)17-13-15(14-18-7-3)12-16(19-17)10-6-2/h12-13,18H,5-11,14H2,1-4H3. The van der Waals surface area contributed by atoms with E-state index in [1.807, 2.05) is 0 Å². The monoisotopic (exact) mass is 277 g/mol. The highest BCUT2D eigenvalue weighted by Crippen LogP contribution is 2.16. The zero-order valence-electron chi connectivity index (χ0n) is 13.7. The Morgan fingerprint density at radius 2 is 1.90 bits per heavy atom. The third kappa shape index (κ3) is 5.91. The average molecular weight is 277 g/mol. The number of nitrogens with zero attached hydrogens (tertiary/aromatic N) is 2. The van der Waals surface area contributed by atoms with Crippen LogP contribution in [-0.4, -0.2) is 25.1 Å². The fourth-order valence-electron chi connectivity index (χ4n) is 2.30. The van der Waals surface area contributed by atoms with Gasteiger partial charge in [-0.25, -0.2) is 4.98 Å². The summed E-state index contributed by atoms with van der Waals surface area (Å²) in [7, 11) is 2.16. The van der Waals surface area contributed by atoms with E-state index in [0.717, 1.165) is 38.3 Å². The smallest absolute Gasteiger partial charge is 0.128 e. The molecule has 0 spiro atoms. The largest absolute Gasteiger partial charge is 0.360 e. The molecule has 3 heteroatoms. The topological polar surface area (TPSA) is 28.2 Å². The van der Waals surface area contributed by atoms with Gasteiger partial charge in [0.25, 0.3) is 0 Å². The normalized spacial score (nSPS) is 10.8. The Hall–Kier alpha value is -1.09. The van der Waals surface area contributed by atoms with Crippen molar-refractivity contribution in [1.29, 1.82) is 0 Å². The quantitative estimate of drug-likeness (QED) is 0.660. The highest BCUT2D eigenvalue weighted by Gasteiger charge is 2.06. The van der Waals surface area contributed by atoms with Crippen LogP contribution in [0.2, 0.25) is 0 Å². The van der Waals surface area contributed by atoms with E-state index >= 15 is 0 Å². The molecule has 1 rings (SSSR count). The number of hydrogen-bond donors (Lipinski definition) is 1. The van der Waals surface area contributed by atoms with Gasteiger partial charge >= 0.3 is 0 Å². The minimum absolute atomic E-state index is 0.936. The molecule has 1 aromatic heterocycles. The second-order valence-electron chi connectivity index (χ2n) is 5.48. The SMILES string of the molecule is CCCCCN(C)c1cc(CNCC)cc(CCC)n1. The van der Waals surface area contributed by atoms with Crippen LogP contribution in [0, 0.1) is 0 Å². The molecule has 0 atom stereocenters. The number of pyridine rings is 1. The Labute approximate surface area is 124 Å². The number of aryl methyl sites for hydroxylation is 1. The van der Waals surface area contributed by atoms with Crippen LogP contribution in [0.25, 0.3) is 0 Å². The summed E-state index contributed by atoms with van der Waals surface area (Å²) < 4.78 is 0. The Kier molecular flexibility index (Phi) is 8.28. The van der Waals surface area contributed by atoms with Crippen LogP contribution in [0.15, 0.2) is 12.1 Å². The molecule has 1 heterocycles. The van der Waals surface area contributed by atoms with Crippen LogP contribution in [-0.2, 0) is 13.0 Å². The molecule has 0 aliphatic rings. The minimum atomic E-state index is 0.936. The van der Waals surface area contributed by atoms with Gasteiger partial charge in [0.15, 0.2) is 0 Å². The van der Waals surface area contributed by atoms with Gasteiger partial charge in [0, 0.05) is 25.8 Å². The lowest BCUT2D eigenvalue weighted by atomic mass is 10.1. The summed E-state index contributed by atoms with van der Waals surface area (Å²) in [4.78, 5) is 7.10. The molecule has 0 aliphatic heterocycles. The molecule has 0 aliphatic carbocycles. The van der Waals surface area contributed by atoms with E-state index in [4.69, 9.17) is 4.98 Å². The highest BCUT2D eigenvalue weighted by molar-refractivity contribution is 5.42. The molecular formula is C17H31N3. The molecule has 0 radical (unpaired) electrons. The highest BCUT2D eigenvalue weighted by atomic mass is 15.2. The van der Waals surface area contributed by atoms with Gasteiger partial charge in [-0.05, 0) is 37.1 Å². The van der Waals surface area contributed by atoms with Crippen molar-refractivity contribution in [2.75, 3.05) is 25.0 Å². The first-order chi connectivity index (χ1) is 9.71. The fourth-order valence-corrected chi connectivity index (χ4v) is 2.30. The predicted molar refractivity (Wildman–Crippen MR) is 88.4 cm³/mol. The van der Waals surface area contributed by atoms with Crippen LogP contribution >= 0.6 is 0 Å². The molecule has 0 aromatic carbocycles. The van der Waals surface area contributed by atoms with E-state index in [2.05, 4.69) is 50.2 Å². The maximum absolute atomic E-state index is 4.81. The van der Waals surface area contributed by atoms with Crippen LogP contribution < -0.4 is 10.2 Å². The Bertz CT molecular complexity index is 376. The van der Waals surface area contributed by atoms with Crippen LogP contribution in [0.3, 0.4) is 0 Å². The number of nitrogens with one attached hydrogen (secondary N) is 1. The molecule has 20 heavy (non-hydrogen) atoms. The van der Waals surface area contributed by atoms with Crippen LogP contribution in [0.1, 0.15) is 57.7 Å². The molecular weight excluding hydrogens is 246 g/mol. The van der Waals surface area contributed by atoms with Crippen molar-refractivity contribution in [3.05, 3.63) is 23.4 Å². The summed E-state index contributed by atoms with van der Waals surface area (Å²) in [5, 5.41) is 3.41. The number of anilines is 1. The van der Waals surface area contributed by atoms with Crippen molar-refractivity contribution in [3.8, 4) is 0 Å². The Morgan fingerprint density at radius 3 is 2.55 bits per heavy atom. The lowest BCUT2D eigenvalue weighted by Gasteiger charge is -2.20. The second-order valence-corrected chi connectivity index (χ2v) is 5.48. The van der Waals surface area contributed by atoms with Crippen molar-refractivity contribution >= 4 is 5.82 Å². The zero-order valence-corrected chi connectivity index (χ0v) is 13.7. The fraction of sp³-hybridized carbons (Fsp3) is 0.706. The number of unbranched alkanes of at least 4 members (excludes halogenated alkanes) is 2. The van der Waals surface area contributed by atoms with E-state index in [0.29, 0.717) is 0 Å². The molecule has 3 nitrogen and oxygen atoms in total. The molecule has 0 saturated heterocycles. The van der Waals surface area contributed by atoms with E-state index in [9.17, 15) is 0 Å². The van der Waals surface area contributed by atoms with Crippen LogP contribution in [0.5, 0.6) is 0 Å². The van der Waals surface area contributed by atoms with Crippen molar-refractivity contribution in [1.82, 2.24) is 10.3 Å². The number of hydrogen-bond acceptors (Lipinski definition) is 3. The second kappa shape index (κ2) is 9.76. The molecule has 114 valence electrons.